The van der Waals surface area contributed by atoms with Gasteiger partial charge in [-0.25, -0.2) is 0 Å². The summed E-state index contributed by atoms with van der Waals surface area (Å²) in [7, 11) is 0. The highest BCUT2D eigenvalue weighted by Crippen LogP contribution is 2.25. The number of nitrogens with zero attached hydrogens (tertiary/aromatic N) is 1. The summed E-state index contributed by atoms with van der Waals surface area (Å²) in [5.74, 6) is -1.00. The van der Waals surface area contributed by atoms with Crippen molar-refractivity contribution in [2.24, 2.45) is 0 Å². The van der Waals surface area contributed by atoms with Crippen LogP contribution in [-0.2, 0) is 4.79 Å². The molecule has 0 spiro atoms. The monoisotopic (exact) mass is 227 g/mol. The van der Waals surface area contributed by atoms with Crippen molar-refractivity contribution in [2.45, 2.75) is 12.3 Å². The summed E-state index contributed by atoms with van der Waals surface area (Å²) in [5, 5.41) is 8.98. The van der Waals surface area contributed by atoms with Gasteiger partial charge in [0.1, 0.15) is 0 Å². The van der Waals surface area contributed by atoms with Crippen molar-refractivity contribution in [3.8, 4) is 0 Å². The molecule has 0 unspecified atom stereocenters. The molecule has 0 aliphatic rings. The quantitative estimate of drug-likeness (QED) is 0.873. The molecule has 0 fully saturated rings. The van der Waals surface area contributed by atoms with Gasteiger partial charge >= 0.3 is 5.97 Å². The molecule has 0 aliphatic heterocycles. The van der Waals surface area contributed by atoms with Crippen LogP contribution in [0.3, 0.4) is 0 Å². The van der Waals surface area contributed by atoms with Crippen molar-refractivity contribution in [1.82, 2.24) is 4.98 Å². The SMILES string of the molecule is O=C(O)C[C@@H](c1ccccc1)c1ccccn1. The molecule has 3 nitrogen and oxygen atoms in total. The van der Waals surface area contributed by atoms with E-state index in [1.807, 2.05) is 48.5 Å². The van der Waals surface area contributed by atoms with Crippen LogP contribution >= 0.6 is 0 Å². The van der Waals surface area contributed by atoms with Gasteiger partial charge in [-0.2, -0.15) is 0 Å². The van der Waals surface area contributed by atoms with Crippen molar-refractivity contribution >= 4 is 5.97 Å². The molecule has 1 aromatic carbocycles. The summed E-state index contributed by atoms with van der Waals surface area (Å²) in [5.41, 5.74) is 1.77. The highest BCUT2D eigenvalue weighted by molar-refractivity contribution is 5.68. The van der Waals surface area contributed by atoms with Gasteiger partial charge in [-0.3, -0.25) is 9.78 Å². The number of aromatic nitrogens is 1. The maximum Gasteiger partial charge on any atom is 0.304 e. The summed E-state index contributed by atoms with van der Waals surface area (Å²) in [6, 6.07) is 15.2. The minimum atomic E-state index is -0.815. The largest absolute Gasteiger partial charge is 0.481 e. The fourth-order valence-corrected chi connectivity index (χ4v) is 1.84. The van der Waals surface area contributed by atoms with Crippen molar-refractivity contribution in [1.29, 1.82) is 0 Å². The van der Waals surface area contributed by atoms with E-state index in [2.05, 4.69) is 4.98 Å². The zero-order valence-corrected chi connectivity index (χ0v) is 9.28. The normalized spacial score (nSPS) is 12.0. The number of hydrogen-bond acceptors (Lipinski definition) is 2. The lowest BCUT2D eigenvalue weighted by Crippen LogP contribution is -2.09. The third kappa shape index (κ3) is 2.91. The average Bonchev–Trinajstić information content (AvgIpc) is 2.38. The lowest BCUT2D eigenvalue weighted by Gasteiger charge is -2.14. The smallest absolute Gasteiger partial charge is 0.304 e. The molecule has 1 aromatic heterocycles. The van der Waals surface area contributed by atoms with Crippen molar-refractivity contribution in [2.75, 3.05) is 0 Å². The highest BCUT2D eigenvalue weighted by Gasteiger charge is 2.18. The molecule has 3 heteroatoms. The van der Waals surface area contributed by atoms with Crippen LogP contribution in [0.15, 0.2) is 54.7 Å². The first-order valence-electron chi connectivity index (χ1n) is 5.45. The molecular formula is C14H13NO2. The van der Waals surface area contributed by atoms with E-state index in [0.29, 0.717) is 0 Å². The topological polar surface area (TPSA) is 50.2 Å². The van der Waals surface area contributed by atoms with Crippen LogP contribution in [0.1, 0.15) is 23.6 Å². The molecule has 0 aliphatic carbocycles. The standard InChI is InChI=1S/C14H13NO2/c16-14(17)10-12(11-6-2-1-3-7-11)13-8-4-5-9-15-13/h1-9,12H,10H2,(H,16,17)/t12-/m0/s1. The summed E-state index contributed by atoms with van der Waals surface area (Å²) in [4.78, 5) is 15.2. The fraction of sp³-hybridized carbons (Fsp3) is 0.143. The molecule has 0 radical (unpaired) electrons. The van der Waals surface area contributed by atoms with E-state index < -0.39 is 5.97 Å². The number of pyridine rings is 1. The number of aliphatic carboxylic acids is 1. The van der Waals surface area contributed by atoms with Crippen LogP contribution in [0.5, 0.6) is 0 Å². The second-order valence-electron chi connectivity index (χ2n) is 3.82. The summed E-state index contributed by atoms with van der Waals surface area (Å²) >= 11 is 0. The maximum atomic E-state index is 10.9. The van der Waals surface area contributed by atoms with Crippen LogP contribution in [0.25, 0.3) is 0 Å². The Balaban J connectivity index is 2.36. The van der Waals surface area contributed by atoms with E-state index >= 15 is 0 Å². The van der Waals surface area contributed by atoms with Crippen molar-refractivity contribution in [3.63, 3.8) is 0 Å². The van der Waals surface area contributed by atoms with Crippen LogP contribution in [0.4, 0.5) is 0 Å². The van der Waals surface area contributed by atoms with Crippen LogP contribution < -0.4 is 0 Å². The van der Waals surface area contributed by atoms with Crippen molar-refractivity contribution in [3.05, 3.63) is 66.0 Å². The fourth-order valence-electron chi connectivity index (χ4n) is 1.84. The van der Waals surface area contributed by atoms with Gasteiger partial charge in [0, 0.05) is 17.8 Å². The third-order valence-electron chi connectivity index (χ3n) is 2.63. The van der Waals surface area contributed by atoms with Crippen LogP contribution in [0.2, 0.25) is 0 Å². The molecule has 1 atom stereocenters. The van der Waals surface area contributed by atoms with E-state index in [9.17, 15) is 4.79 Å². The van der Waals surface area contributed by atoms with E-state index in [4.69, 9.17) is 5.11 Å². The molecule has 1 N–H and O–H groups in total. The van der Waals surface area contributed by atoms with Gasteiger partial charge < -0.3 is 5.11 Å². The molecular weight excluding hydrogens is 214 g/mol. The van der Waals surface area contributed by atoms with Crippen LogP contribution in [-0.4, -0.2) is 16.1 Å². The lowest BCUT2D eigenvalue weighted by molar-refractivity contribution is -0.137. The summed E-state index contributed by atoms with van der Waals surface area (Å²) < 4.78 is 0. The predicted molar refractivity (Wildman–Crippen MR) is 64.8 cm³/mol. The number of carboxylic acid groups (broad SMARTS) is 1. The maximum absolute atomic E-state index is 10.9. The Bertz CT molecular complexity index is 443. The van der Waals surface area contributed by atoms with Gasteiger partial charge in [0.25, 0.3) is 0 Å². The van der Waals surface area contributed by atoms with Gasteiger partial charge in [0.2, 0.25) is 0 Å². The molecule has 17 heavy (non-hydrogen) atoms. The number of rotatable bonds is 4. The number of hydrogen-bond donors (Lipinski definition) is 1. The number of carboxylic acids is 1. The molecule has 0 saturated heterocycles. The first kappa shape index (κ1) is 11.3. The van der Waals surface area contributed by atoms with Gasteiger partial charge in [0.15, 0.2) is 0 Å². The van der Waals surface area contributed by atoms with Crippen LogP contribution in [0, 0.1) is 0 Å². The van der Waals surface area contributed by atoms with Crippen molar-refractivity contribution < 1.29 is 9.90 Å². The average molecular weight is 227 g/mol. The van der Waals surface area contributed by atoms with Gasteiger partial charge in [0.05, 0.1) is 6.42 Å². The lowest BCUT2D eigenvalue weighted by atomic mass is 9.92. The number of benzene rings is 1. The molecule has 1 heterocycles. The minimum absolute atomic E-state index is 0.0566. The Hall–Kier alpha value is -2.16. The molecule has 0 saturated carbocycles. The zero-order chi connectivity index (χ0) is 12.1. The van der Waals surface area contributed by atoms with E-state index in [1.54, 1.807) is 6.20 Å². The number of carbonyl (C=O) groups is 1. The van der Waals surface area contributed by atoms with Gasteiger partial charge in [-0.1, -0.05) is 36.4 Å². The second kappa shape index (κ2) is 5.25. The second-order valence-corrected chi connectivity index (χ2v) is 3.82. The minimum Gasteiger partial charge on any atom is -0.481 e. The Morgan fingerprint density at radius 1 is 1.12 bits per heavy atom. The molecule has 2 aromatic rings. The Kier molecular flexibility index (Phi) is 3.50. The van der Waals surface area contributed by atoms with E-state index in [-0.39, 0.29) is 12.3 Å². The van der Waals surface area contributed by atoms with E-state index in [1.165, 1.54) is 0 Å². The summed E-state index contributed by atoms with van der Waals surface area (Å²) in [6.07, 6.45) is 1.74. The first-order valence-corrected chi connectivity index (χ1v) is 5.45. The Labute approximate surface area is 99.8 Å². The third-order valence-corrected chi connectivity index (χ3v) is 2.63. The molecule has 2 rings (SSSR count). The molecule has 0 bridgehead atoms. The zero-order valence-electron chi connectivity index (χ0n) is 9.28. The molecule has 0 amide bonds. The van der Waals surface area contributed by atoms with Gasteiger partial charge in [-0.05, 0) is 17.7 Å². The predicted octanol–water partition coefficient (Wildman–Crippen LogP) is 2.69. The highest BCUT2D eigenvalue weighted by atomic mass is 16.4. The Morgan fingerprint density at radius 2 is 1.82 bits per heavy atom. The molecule has 86 valence electrons. The van der Waals surface area contributed by atoms with Gasteiger partial charge in [-0.15, -0.1) is 0 Å². The van der Waals surface area contributed by atoms with E-state index in [0.717, 1.165) is 11.3 Å². The Morgan fingerprint density at radius 3 is 2.41 bits per heavy atom. The summed E-state index contributed by atoms with van der Waals surface area (Å²) in [6.45, 7) is 0. The first-order chi connectivity index (χ1) is 8.27.